The van der Waals surface area contributed by atoms with Crippen LogP contribution in [0.1, 0.15) is 103 Å². The third kappa shape index (κ3) is 9.06. The number of ether oxygens (including phenoxy) is 2. The van der Waals surface area contributed by atoms with Crippen LogP contribution in [0.5, 0.6) is 17.2 Å². The number of carbonyl (C=O) groups is 3. The first-order chi connectivity index (χ1) is 24.2. The number of aromatic amines is 1. The number of nitrogens with zero attached hydrogens (tertiary/aromatic N) is 1. The number of amides is 1. The quantitative estimate of drug-likeness (QED) is 0.123. The number of carbonyl (C=O) groups excluding carboxylic acids is 3. The lowest BCUT2D eigenvalue weighted by atomic mass is 9.84. The van der Waals surface area contributed by atoms with Crippen LogP contribution in [0, 0.1) is 0 Å². The van der Waals surface area contributed by atoms with Gasteiger partial charge in [-0.2, -0.15) is 11.8 Å². The van der Waals surface area contributed by atoms with Crippen LogP contribution in [0.3, 0.4) is 0 Å². The zero-order valence-electron chi connectivity index (χ0n) is 28.7. The van der Waals surface area contributed by atoms with Crippen molar-refractivity contribution in [2.45, 2.75) is 76.4 Å². The molecule has 50 heavy (non-hydrogen) atoms. The lowest BCUT2D eigenvalue weighted by molar-refractivity contribution is -0.122. The molecule has 3 atom stereocenters. The number of hydrogen-bond acceptors (Lipinski definition) is 9. The van der Waals surface area contributed by atoms with E-state index >= 15 is 0 Å². The van der Waals surface area contributed by atoms with Crippen molar-refractivity contribution in [3.8, 4) is 17.2 Å². The summed E-state index contributed by atoms with van der Waals surface area (Å²) in [7, 11) is 1.55. The maximum atomic E-state index is 14.0. The summed E-state index contributed by atoms with van der Waals surface area (Å²) in [5.74, 6) is -0.461. The fraction of sp³-hybridized carbons (Fsp3) is 0.385. The van der Waals surface area contributed by atoms with Gasteiger partial charge in [0.1, 0.15) is 34.4 Å². The Morgan fingerprint density at radius 2 is 1.88 bits per heavy atom. The Balaban J connectivity index is 1.53. The first kappa shape index (κ1) is 36.5. The molecule has 4 N–H and O–H groups in total. The Kier molecular flexibility index (Phi) is 12.6. The van der Waals surface area contributed by atoms with E-state index in [-0.39, 0.29) is 40.6 Å². The number of H-pyrrole nitrogens is 1. The minimum atomic E-state index is -0.851. The molecule has 0 fully saturated rings. The number of thioether (sulfide) groups is 1. The summed E-state index contributed by atoms with van der Waals surface area (Å²) >= 11 is 1.66. The number of ketones is 1. The molecule has 10 nitrogen and oxygen atoms in total. The van der Waals surface area contributed by atoms with Crippen molar-refractivity contribution in [1.29, 1.82) is 0 Å². The molecule has 0 bridgehead atoms. The Bertz CT molecular complexity index is 1800. The van der Waals surface area contributed by atoms with Crippen LogP contribution in [-0.4, -0.2) is 63.1 Å². The lowest BCUT2D eigenvalue weighted by Crippen LogP contribution is -2.31. The smallest absolute Gasteiger partial charge is 0.342 e. The van der Waals surface area contributed by atoms with Crippen LogP contribution in [0.4, 0.5) is 0 Å². The zero-order chi connectivity index (χ0) is 35.6. The summed E-state index contributed by atoms with van der Waals surface area (Å²) in [6.45, 7) is 1.75. The van der Waals surface area contributed by atoms with E-state index in [9.17, 15) is 24.6 Å². The van der Waals surface area contributed by atoms with Gasteiger partial charge in [-0.1, -0.05) is 36.4 Å². The molecule has 0 radical (unpaired) electrons. The van der Waals surface area contributed by atoms with Gasteiger partial charge in [0.25, 0.3) is 0 Å². The second-order valence-electron chi connectivity index (χ2n) is 12.6. The van der Waals surface area contributed by atoms with Crippen LogP contribution in [0.2, 0.25) is 0 Å². The molecule has 1 aromatic heterocycles. The molecule has 1 aliphatic heterocycles. The number of para-hydroxylation sites is 2. The Hall–Kier alpha value is -4.77. The number of phenols is 2. The van der Waals surface area contributed by atoms with Crippen LogP contribution < -0.4 is 10.1 Å². The predicted molar refractivity (Wildman–Crippen MR) is 196 cm³/mol. The maximum absolute atomic E-state index is 14.0. The molecule has 1 aliphatic rings. The van der Waals surface area contributed by atoms with E-state index in [0.717, 1.165) is 16.8 Å². The standard InChI is InChI=1S/C39H45N3O7S/c1-24-10-9-13-27(43)12-6-4-5-11-26-22-33(44)36(37(46)35(26)39(47)49-24)29(25-16-18-28(48-2)19-17-25)23-34(45)40-32(20-21-50-3)38-41-30-14-7-8-15-31(30)42-38/h5,7-8,11,14-19,22,24,29,32,44,46H,4,6,9-10,12-13,20-21,23H2,1-3H3,(H,40,45)(H,41,42)/b11-5+/t24-,29?,32-/m0/s1. The first-order valence-corrected chi connectivity index (χ1v) is 18.4. The highest BCUT2D eigenvalue weighted by atomic mass is 32.2. The molecular weight excluding hydrogens is 655 g/mol. The van der Waals surface area contributed by atoms with Crippen LogP contribution in [-0.2, 0) is 14.3 Å². The summed E-state index contributed by atoms with van der Waals surface area (Å²) < 4.78 is 11.1. The van der Waals surface area contributed by atoms with Crippen molar-refractivity contribution < 1.29 is 34.1 Å². The van der Waals surface area contributed by atoms with Gasteiger partial charge >= 0.3 is 5.97 Å². The lowest BCUT2D eigenvalue weighted by Gasteiger charge is -2.24. The van der Waals surface area contributed by atoms with Crippen molar-refractivity contribution in [2.24, 2.45) is 0 Å². The average Bonchev–Trinajstić information content (AvgIpc) is 3.53. The number of phenolic OH excluding ortho intramolecular Hbond substituents is 2. The fourth-order valence-corrected chi connectivity index (χ4v) is 6.80. The molecular formula is C39H45N3O7S. The molecule has 0 spiro atoms. The number of benzene rings is 3. The van der Waals surface area contributed by atoms with E-state index < -0.39 is 29.8 Å². The molecule has 2 heterocycles. The first-order valence-electron chi connectivity index (χ1n) is 17.0. The molecule has 0 aliphatic carbocycles. The largest absolute Gasteiger partial charge is 0.507 e. The van der Waals surface area contributed by atoms with Gasteiger partial charge in [0.05, 0.1) is 30.3 Å². The van der Waals surface area contributed by atoms with Crippen LogP contribution >= 0.6 is 11.8 Å². The highest BCUT2D eigenvalue weighted by Crippen LogP contribution is 2.44. The van der Waals surface area contributed by atoms with Crippen molar-refractivity contribution >= 4 is 46.5 Å². The number of hydrogen-bond donors (Lipinski definition) is 4. The summed E-state index contributed by atoms with van der Waals surface area (Å²) in [4.78, 5) is 48.0. The van der Waals surface area contributed by atoms with Gasteiger partial charge in [0.2, 0.25) is 5.91 Å². The van der Waals surface area contributed by atoms with E-state index in [1.165, 1.54) is 6.07 Å². The van der Waals surface area contributed by atoms with E-state index in [1.807, 2.05) is 36.6 Å². The van der Waals surface area contributed by atoms with Crippen molar-refractivity contribution in [3.63, 3.8) is 0 Å². The van der Waals surface area contributed by atoms with E-state index in [4.69, 9.17) is 14.5 Å². The molecule has 264 valence electrons. The molecule has 0 saturated heterocycles. The van der Waals surface area contributed by atoms with E-state index in [1.54, 1.807) is 56.1 Å². The number of aromatic nitrogens is 2. The summed E-state index contributed by atoms with van der Waals surface area (Å²) in [5.41, 5.74) is 2.52. The van der Waals surface area contributed by atoms with Crippen LogP contribution in [0.15, 0.2) is 60.7 Å². The summed E-state index contributed by atoms with van der Waals surface area (Å²) in [6, 6.07) is 15.7. The van der Waals surface area contributed by atoms with Crippen molar-refractivity contribution in [2.75, 3.05) is 19.1 Å². The van der Waals surface area contributed by atoms with Gasteiger partial charge in [-0.05, 0) is 92.5 Å². The number of allylic oxidation sites excluding steroid dienone is 1. The SMILES string of the molecule is COc1ccc(C(CC(=O)N[C@@H](CCSC)c2nc3ccccc3[nH]2)c2c(O)cc3c(c2O)C(=O)O[C@@H](C)CCCC(=O)CCC/C=C/3)cc1. The molecule has 1 unspecified atom stereocenters. The number of rotatable bonds is 10. The minimum Gasteiger partial charge on any atom is -0.507 e. The Morgan fingerprint density at radius 1 is 1.12 bits per heavy atom. The number of methoxy groups -OCH3 is 1. The second kappa shape index (κ2) is 17.2. The maximum Gasteiger partial charge on any atom is 0.342 e. The minimum absolute atomic E-state index is 0.0400. The normalized spacial score (nSPS) is 17.6. The molecule has 0 saturated carbocycles. The summed E-state index contributed by atoms with van der Waals surface area (Å²) in [5, 5.41) is 26.6. The van der Waals surface area contributed by atoms with Crippen molar-refractivity contribution in [3.05, 3.63) is 88.8 Å². The average molecular weight is 700 g/mol. The summed E-state index contributed by atoms with van der Waals surface area (Å²) in [6.07, 6.45) is 8.62. The van der Waals surface area contributed by atoms with Gasteiger partial charge in [-0.25, -0.2) is 9.78 Å². The fourth-order valence-electron chi connectivity index (χ4n) is 6.33. The van der Waals surface area contributed by atoms with E-state index in [2.05, 4.69) is 10.3 Å². The molecule has 11 heteroatoms. The number of imidazole rings is 1. The molecule has 5 rings (SSSR count). The number of Topliss-reactive ketones (excluding diaryl/α,β-unsaturated/α-hetero) is 1. The predicted octanol–water partition coefficient (Wildman–Crippen LogP) is 7.60. The van der Waals surface area contributed by atoms with E-state index in [0.29, 0.717) is 62.1 Å². The highest BCUT2D eigenvalue weighted by Gasteiger charge is 2.32. The van der Waals surface area contributed by atoms with Gasteiger partial charge in [0.15, 0.2) is 0 Å². The third-order valence-corrected chi connectivity index (χ3v) is 9.63. The van der Waals surface area contributed by atoms with Gasteiger partial charge in [0, 0.05) is 30.7 Å². The molecule has 1 amide bonds. The number of cyclic esters (lactones) is 1. The van der Waals surface area contributed by atoms with Gasteiger partial charge < -0.3 is 30.0 Å². The van der Waals surface area contributed by atoms with Gasteiger partial charge in [-0.3, -0.25) is 9.59 Å². The van der Waals surface area contributed by atoms with Gasteiger partial charge in [-0.15, -0.1) is 0 Å². The number of fused-ring (bicyclic) bond motifs is 2. The number of esters is 1. The Morgan fingerprint density at radius 3 is 2.62 bits per heavy atom. The number of nitrogens with one attached hydrogen (secondary N) is 2. The third-order valence-electron chi connectivity index (χ3n) is 8.99. The zero-order valence-corrected chi connectivity index (χ0v) is 29.6. The highest BCUT2D eigenvalue weighted by molar-refractivity contribution is 7.98. The molecule has 3 aromatic carbocycles. The molecule has 4 aromatic rings. The Labute approximate surface area is 296 Å². The van der Waals surface area contributed by atoms with Crippen LogP contribution in [0.25, 0.3) is 17.1 Å². The number of aromatic hydroxyl groups is 2. The second-order valence-corrected chi connectivity index (χ2v) is 13.6. The topological polar surface area (TPSA) is 151 Å². The monoisotopic (exact) mass is 699 g/mol. The van der Waals surface area contributed by atoms with Crippen molar-refractivity contribution in [1.82, 2.24) is 15.3 Å².